The van der Waals surface area contributed by atoms with Gasteiger partial charge in [-0.15, -0.1) is 35.3 Å². The topological polar surface area (TPSA) is 52.9 Å². The van der Waals surface area contributed by atoms with Gasteiger partial charge in [0, 0.05) is 58.6 Å². The zero-order valence-corrected chi connectivity index (χ0v) is 18.9. The van der Waals surface area contributed by atoms with Gasteiger partial charge in [-0.05, 0) is 36.4 Å². The fourth-order valence-corrected chi connectivity index (χ4v) is 3.96. The first kappa shape index (κ1) is 21.7. The van der Waals surface area contributed by atoms with Crippen LogP contribution in [0.2, 0.25) is 0 Å². The van der Waals surface area contributed by atoms with Gasteiger partial charge in [0.2, 0.25) is 5.56 Å². The summed E-state index contributed by atoms with van der Waals surface area (Å²) in [7, 11) is 1.84. The molecule has 8 heteroatoms. The zero-order chi connectivity index (χ0) is 18.2. The largest absolute Gasteiger partial charge is 0.360 e. The average molecular weight is 501 g/mol. The molecular formula is C19H28IN5OS. The Morgan fingerprint density at radius 1 is 1.15 bits per heavy atom. The molecule has 3 heterocycles. The highest BCUT2D eigenvalue weighted by atomic mass is 127. The molecule has 1 fully saturated rings. The van der Waals surface area contributed by atoms with Crippen LogP contribution in [0.15, 0.2) is 51.7 Å². The lowest BCUT2D eigenvalue weighted by Gasteiger charge is -2.37. The highest BCUT2D eigenvalue weighted by Gasteiger charge is 2.19. The van der Waals surface area contributed by atoms with Crippen LogP contribution in [0.3, 0.4) is 0 Å². The van der Waals surface area contributed by atoms with Gasteiger partial charge in [-0.25, -0.2) is 0 Å². The molecule has 0 radical (unpaired) electrons. The number of aliphatic imine (C=N–C) groups is 1. The molecule has 0 unspecified atom stereocenters. The molecule has 1 aliphatic rings. The third kappa shape index (κ3) is 6.24. The van der Waals surface area contributed by atoms with E-state index in [-0.39, 0.29) is 29.5 Å². The number of nitrogens with one attached hydrogen (secondary N) is 1. The van der Waals surface area contributed by atoms with Crippen LogP contribution in [0.1, 0.15) is 12.8 Å². The summed E-state index contributed by atoms with van der Waals surface area (Å²) in [5, 5.41) is 6.94. The van der Waals surface area contributed by atoms with Crippen molar-refractivity contribution in [1.82, 2.24) is 14.8 Å². The van der Waals surface area contributed by atoms with E-state index in [1.165, 1.54) is 5.00 Å². The van der Waals surface area contributed by atoms with Gasteiger partial charge in [0.1, 0.15) is 0 Å². The molecule has 0 aromatic carbocycles. The smallest absolute Gasteiger partial charge is 0.250 e. The van der Waals surface area contributed by atoms with Crippen LogP contribution in [0.5, 0.6) is 0 Å². The molecule has 1 saturated heterocycles. The first-order chi connectivity index (χ1) is 12.8. The van der Waals surface area contributed by atoms with Crippen molar-refractivity contribution in [2.24, 2.45) is 4.99 Å². The minimum absolute atomic E-state index is 0. The predicted molar refractivity (Wildman–Crippen MR) is 125 cm³/mol. The number of piperazine rings is 1. The Balaban J connectivity index is 0.00000261. The van der Waals surface area contributed by atoms with Crippen LogP contribution in [0.25, 0.3) is 0 Å². The summed E-state index contributed by atoms with van der Waals surface area (Å²) in [5.74, 6) is 0.979. The van der Waals surface area contributed by atoms with E-state index in [1.54, 1.807) is 28.0 Å². The molecule has 27 heavy (non-hydrogen) atoms. The van der Waals surface area contributed by atoms with Crippen LogP contribution in [0.4, 0.5) is 5.00 Å². The summed E-state index contributed by atoms with van der Waals surface area (Å²) in [6.07, 6.45) is 3.83. The minimum Gasteiger partial charge on any atom is -0.360 e. The van der Waals surface area contributed by atoms with E-state index in [1.807, 2.05) is 19.3 Å². The van der Waals surface area contributed by atoms with E-state index in [9.17, 15) is 4.79 Å². The second-order valence-corrected chi connectivity index (χ2v) is 7.26. The predicted octanol–water partition coefficient (Wildman–Crippen LogP) is 2.71. The van der Waals surface area contributed by atoms with Gasteiger partial charge in [0.05, 0.1) is 5.00 Å². The molecule has 0 amide bonds. The summed E-state index contributed by atoms with van der Waals surface area (Å²) in [5.41, 5.74) is 0.0693. The SMILES string of the molecule is CN=C(NCCCCn1ccccc1=O)N1CCN(c2cccs2)CC1.I. The van der Waals surface area contributed by atoms with Crippen LogP contribution < -0.4 is 15.8 Å². The number of aromatic nitrogens is 1. The van der Waals surface area contributed by atoms with Crippen molar-refractivity contribution >= 4 is 46.3 Å². The molecule has 0 bridgehead atoms. The number of thiophene rings is 1. The van der Waals surface area contributed by atoms with Crippen LogP contribution in [0, 0.1) is 0 Å². The van der Waals surface area contributed by atoms with Crippen LogP contribution >= 0.6 is 35.3 Å². The number of nitrogens with zero attached hydrogens (tertiary/aromatic N) is 4. The molecule has 148 valence electrons. The number of hydrogen-bond acceptors (Lipinski definition) is 4. The number of halogens is 1. The molecule has 0 spiro atoms. The first-order valence-corrected chi connectivity index (χ1v) is 10.1. The van der Waals surface area contributed by atoms with Gasteiger partial charge in [0.25, 0.3) is 0 Å². The van der Waals surface area contributed by atoms with Crippen molar-refractivity contribution in [3.8, 4) is 0 Å². The minimum atomic E-state index is 0. The van der Waals surface area contributed by atoms with E-state index < -0.39 is 0 Å². The standard InChI is InChI=1S/C19H27N5OS.HI/c1-20-19(21-9-3-5-11-22-10-4-2-7-17(22)25)24-14-12-23(13-15-24)18-8-6-16-26-18;/h2,4,6-8,10,16H,3,5,9,11-15H2,1H3,(H,20,21);1H. The van der Waals surface area contributed by atoms with Gasteiger partial charge >= 0.3 is 0 Å². The molecule has 1 aliphatic heterocycles. The third-order valence-corrected chi connectivity index (χ3v) is 5.55. The molecule has 2 aromatic heterocycles. The van der Waals surface area contributed by atoms with Gasteiger partial charge in [0.15, 0.2) is 5.96 Å². The van der Waals surface area contributed by atoms with E-state index in [0.29, 0.717) is 0 Å². The summed E-state index contributed by atoms with van der Waals surface area (Å²) in [6.45, 7) is 5.66. The number of pyridine rings is 1. The summed E-state index contributed by atoms with van der Waals surface area (Å²) in [4.78, 5) is 20.9. The summed E-state index contributed by atoms with van der Waals surface area (Å²) < 4.78 is 1.76. The zero-order valence-electron chi connectivity index (χ0n) is 15.7. The van der Waals surface area contributed by atoms with Gasteiger partial charge in [-0.2, -0.15) is 0 Å². The molecule has 0 saturated carbocycles. The van der Waals surface area contributed by atoms with Crippen LogP contribution in [-0.2, 0) is 6.54 Å². The molecule has 6 nitrogen and oxygen atoms in total. The molecule has 1 N–H and O–H groups in total. The second-order valence-electron chi connectivity index (χ2n) is 6.34. The number of aryl methyl sites for hydroxylation is 1. The van der Waals surface area contributed by atoms with E-state index in [0.717, 1.165) is 58.1 Å². The van der Waals surface area contributed by atoms with E-state index in [4.69, 9.17) is 0 Å². The molecule has 0 atom stereocenters. The van der Waals surface area contributed by atoms with Crippen molar-refractivity contribution in [3.63, 3.8) is 0 Å². The fourth-order valence-electron chi connectivity index (χ4n) is 3.17. The Kier molecular flexibility index (Phi) is 9.12. The Bertz CT molecular complexity index is 753. The van der Waals surface area contributed by atoms with Gasteiger partial charge in [-0.3, -0.25) is 9.79 Å². The second kappa shape index (κ2) is 11.3. The van der Waals surface area contributed by atoms with Crippen molar-refractivity contribution in [1.29, 1.82) is 0 Å². The lowest BCUT2D eigenvalue weighted by Crippen LogP contribution is -2.52. The van der Waals surface area contributed by atoms with Crippen LogP contribution in [-0.4, -0.2) is 55.2 Å². The number of anilines is 1. The van der Waals surface area contributed by atoms with Crippen molar-refractivity contribution in [2.45, 2.75) is 19.4 Å². The third-order valence-electron chi connectivity index (χ3n) is 4.62. The van der Waals surface area contributed by atoms with Crippen molar-refractivity contribution in [2.75, 3.05) is 44.7 Å². The first-order valence-electron chi connectivity index (χ1n) is 9.17. The summed E-state index contributed by atoms with van der Waals surface area (Å²) >= 11 is 1.80. The Morgan fingerprint density at radius 2 is 1.96 bits per heavy atom. The normalized spacial score (nSPS) is 14.8. The highest BCUT2D eigenvalue weighted by Crippen LogP contribution is 2.22. The number of hydrogen-bond donors (Lipinski definition) is 1. The lowest BCUT2D eigenvalue weighted by molar-refractivity contribution is 0.373. The lowest BCUT2D eigenvalue weighted by atomic mass is 10.3. The monoisotopic (exact) mass is 501 g/mol. The van der Waals surface area contributed by atoms with E-state index >= 15 is 0 Å². The average Bonchev–Trinajstić information content (AvgIpc) is 3.21. The maximum absolute atomic E-state index is 11.7. The Morgan fingerprint density at radius 3 is 2.63 bits per heavy atom. The van der Waals surface area contributed by atoms with Gasteiger partial charge in [-0.1, -0.05) is 6.07 Å². The molecule has 0 aliphatic carbocycles. The maximum Gasteiger partial charge on any atom is 0.250 e. The van der Waals surface area contributed by atoms with E-state index in [2.05, 4.69) is 37.6 Å². The molecule has 2 aromatic rings. The number of rotatable bonds is 6. The maximum atomic E-state index is 11.7. The molecule has 3 rings (SSSR count). The number of guanidine groups is 1. The van der Waals surface area contributed by atoms with Gasteiger partial charge < -0.3 is 19.7 Å². The number of unbranched alkanes of at least 4 members (excludes halogenated alkanes) is 1. The van der Waals surface area contributed by atoms with Crippen molar-refractivity contribution in [3.05, 3.63) is 52.3 Å². The highest BCUT2D eigenvalue weighted by molar-refractivity contribution is 14.0. The fraction of sp³-hybridized carbons (Fsp3) is 0.474. The Labute approximate surface area is 181 Å². The quantitative estimate of drug-likeness (QED) is 0.286. The molecular weight excluding hydrogens is 473 g/mol. The summed E-state index contributed by atoms with van der Waals surface area (Å²) in [6, 6.07) is 9.58. The Hall–Kier alpha value is -1.55. The van der Waals surface area contributed by atoms with Crippen molar-refractivity contribution < 1.29 is 0 Å².